The lowest BCUT2D eigenvalue weighted by Crippen LogP contribution is -2.38. The predicted molar refractivity (Wildman–Crippen MR) is 148 cm³/mol. The molecule has 2 aromatic carbocycles. The Morgan fingerprint density at radius 2 is 1.70 bits per heavy atom. The Balaban J connectivity index is 1.30. The zero-order valence-corrected chi connectivity index (χ0v) is 22.1. The van der Waals surface area contributed by atoms with Crippen LogP contribution in [0, 0.1) is 11.6 Å². The largest absolute Gasteiger partial charge is 0.381 e. The van der Waals surface area contributed by atoms with Crippen LogP contribution in [0.3, 0.4) is 0 Å². The number of halogens is 3. The standard InChI is InChI=1S/C30H35ClF2N4/c1-2-25-26(6-5-7-29(25)34-18-20-14-21(32)16-22(33)15-20)27-17-30(35-19-28(27)31)36-23-8-10-24(11-9-23)37-12-3-4-13-37/h5-7,14-17,19,23-24,34H,2-4,8-13,18H2,1H3,(H,35,36). The number of nitrogens with one attached hydrogen (secondary N) is 2. The maximum Gasteiger partial charge on any atom is 0.126 e. The second-order valence-corrected chi connectivity index (χ2v) is 10.7. The molecule has 0 atom stereocenters. The van der Waals surface area contributed by atoms with Crippen molar-refractivity contribution >= 4 is 23.1 Å². The second kappa shape index (κ2) is 11.8. The molecule has 3 aromatic rings. The summed E-state index contributed by atoms with van der Waals surface area (Å²) in [6.07, 6.45) is 9.97. The van der Waals surface area contributed by atoms with Crippen LogP contribution in [0.2, 0.25) is 5.02 Å². The van der Waals surface area contributed by atoms with Gasteiger partial charge in [-0.2, -0.15) is 0 Å². The highest BCUT2D eigenvalue weighted by molar-refractivity contribution is 6.33. The van der Waals surface area contributed by atoms with Crippen LogP contribution in [-0.2, 0) is 13.0 Å². The van der Waals surface area contributed by atoms with E-state index in [9.17, 15) is 8.78 Å². The summed E-state index contributed by atoms with van der Waals surface area (Å²) in [4.78, 5) is 7.26. The van der Waals surface area contributed by atoms with Crippen molar-refractivity contribution in [3.63, 3.8) is 0 Å². The van der Waals surface area contributed by atoms with Crippen LogP contribution in [-0.4, -0.2) is 35.1 Å². The second-order valence-electron chi connectivity index (χ2n) is 10.3. The van der Waals surface area contributed by atoms with Gasteiger partial charge in [0, 0.05) is 42.1 Å². The summed E-state index contributed by atoms with van der Waals surface area (Å²) in [5.41, 5.74) is 4.54. The van der Waals surface area contributed by atoms with Gasteiger partial charge in [0.05, 0.1) is 5.02 Å². The molecule has 0 spiro atoms. The molecule has 1 aliphatic carbocycles. The van der Waals surface area contributed by atoms with Crippen LogP contribution in [0.4, 0.5) is 20.3 Å². The van der Waals surface area contributed by atoms with Gasteiger partial charge in [0.1, 0.15) is 17.5 Å². The molecule has 1 aromatic heterocycles. The fraction of sp³-hybridized carbons (Fsp3) is 0.433. The molecule has 196 valence electrons. The molecule has 2 N–H and O–H groups in total. The highest BCUT2D eigenvalue weighted by atomic mass is 35.5. The molecule has 2 aliphatic rings. The lowest BCUT2D eigenvalue weighted by molar-refractivity contribution is 0.186. The van der Waals surface area contributed by atoms with Gasteiger partial charge >= 0.3 is 0 Å². The van der Waals surface area contributed by atoms with E-state index in [0.717, 1.165) is 59.6 Å². The highest BCUT2D eigenvalue weighted by Gasteiger charge is 2.27. The summed E-state index contributed by atoms with van der Waals surface area (Å²) < 4.78 is 27.3. The minimum atomic E-state index is -0.575. The first-order valence-electron chi connectivity index (χ1n) is 13.5. The summed E-state index contributed by atoms with van der Waals surface area (Å²) in [5, 5.41) is 7.62. The molecular weight excluding hydrogens is 490 g/mol. The molecule has 4 nitrogen and oxygen atoms in total. The Labute approximate surface area is 223 Å². The van der Waals surface area contributed by atoms with Gasteiger partial charge in [0.15, 0.2) is 0 Å². The fourth-order valence-electron chi connectivity index (χ4n) is 5.92. The van der Waals surface area contributed by atoms with Crippen molar-refractivity contribution in [2.24, 2.45) is 0 Å². The number of likely N-dealkylation sites (tertiary alicyclic amines) is 1. The van der Waals surface area contributed by atoms with E-state index in [1.807, 2.05) is 12.1 Å². The Hall–Kier alpha value is -2.70. The molecule has 5 rings (SSSR count). The van der Waals surface area contributed by atoms with Crippen LogP contribution in [0.1, 0.15) is 56.6 Å². The molecule has 2 heterocycles. The number of hydrogen-bond acceptors (Lipinski definition) is 4. The van der Waals surface area contributed by atoms with Crippen molar-refractivity contribution in [1.29, 1.82) is 0 Å². The van der Waals surface area contributed by atoms with Crippen LogP contribution >= 0.6 is 11.6 Å². The van der Waals surface area contributed by atoms with Gasteiger partial charge in [-0.05, 0) is 99.0 Å². The van der Waals surface area contributed by atoms with Crippen molar-refractivity contribution in [2.45, 2.75) is 70.5 Å². The van der Waals surface area contributed by atoms with Crippen molar-refractivity contribution in [3.8, 4) is 11.1 Å². The Kier molecular flexibility index (Phi) is 8.26. The first-order valence-corrected chi connectivity index (χ1v) is 13.8. The number of aromatic nitrogens is 1. The lowest BCUT2D eigenvalue weighted by atomic mass is 9.90. The van der Waals surface area contributed by atoms with Crippen LogP contribution in [0.5, 0.6) is 0 Å². The first kappa shape index (κ1) is 25.9. The van der Waals surface area contributed by atoms with Crippen LogP contribution < -0.4 is 10.6 Å². The van der Waals surface area contributed by atoms with E-state index in [1.165, 1.54) is 50.9 Å². The topological polar surface area (TPSA) is 40.2 Å². The van der Waals surface area contributed by atoms with E-state index in [0.29, 0.717) is 23.2 Å². The summed E-state index contributed by atoms with van der Waals surface area (Å²) in [6, 6.07) is 12.8. The van der Waals surface area contributed by atoms with E-state index in [4.69, 9.17) is 11.6 Å². The molecule has 2 fully saturated rings. The monoisotopic (exact) mass is 524 g/mol. The minimum Gasteiger partial charge on any atom is -0.381 e. The molecular formula is C30H35ClF2N4. The number of pyridine rings is 1. The van der Waals surface area contributed by atoms with Gasteiger partial charge in [-0.25, -0.2) is 13.8 Å². The van der Waals surface area contributed by atoms with Gasteiger partial charge < -0.3 is 15.5 Å². The van der Waals surface area contributed by atoms with E-state index in [-0.39, 0.29) is 0 Å². The van der Waals surface area contributed by atoms with Gasteiger partial charge in [-0.3, -0.25) is 0 Å². The third-order valence-corrected chi connectivity index (χ3v) is 8.09. The van der Waals surface area contributed by atoms with E-state index in [2.05, 4.69) is 39.6 Å². The van der Waals surface area contributed by atoms with Gasteiger partial charge in [0.25, 0.3) is 0 Å². The first-order chi connectivity index (χ1) is 18.0. The quantitative estimate of drug-likeness (QED) is 0.317. The summed E-state index contributed by atoms with van der Waals surface area (Å²) >= 11 is 6.65. The minimum absolute atomic E-state index is 0.322. The molecule has 1 saturated heterocycles. The predicted octanol–water partition coefficient (Wildman–Crippen LogP) is 7.67. The number of hydrogen-bond donors (Lipinski definition) is 2. The van der Waals surface area contributed by atoms with Crippen molar-refractivity contribution in [2.75, 3.05) is 23.7 Å². The molecule has 37 heavy (non-hydrogen) atoms. The molecule has 7 heteroatoms. The number of nitrogens with zero attached hydrogens (tertiary/aromatic N) is 2. The maximum atomic E-state index is 13.6. The number of anilines is 2. The SMILES string of the molecule is CCc1c(NCc2cc(F)cc(F)c2)cccc1-c1cc(NC2CCC(N3CCCC3)CC2)ncc1Cl. The number of benzene rings is 2. The Morgan fingerprint density at radius 3 is 2.41 bits per heavy atom. The average molecular weight is 525 g/mol. The van der Waals surface area contributed by atoms with E-state index < -0.39 is 11.6 Å². The third-order valence-electron chi connectivity index (χ3n) is 7.79. The zero-order valence-electron chi connectivity index (χ0n) is 21.4. The zero-order chi connectivity index (χ0) is 25.8. The van der Waals surface area contributed by atoms with Crippen molar-refractivity contribution in [1.82, 2.24) is 9.88 Å². The summed E-state index contributed by atoms with van der Waals surface area (Å²) in [7, 11) is 0. The van der Waals surface area contributed by atoms with Crippen LogP contribution in [0.25, 0.3) is 11.1 Å². The van der Waals surface area contributed by atoms with Gasteiger partial charge in [-0.15, -0.1) is 0 Å². The summed E-state index contributed by atoms with van der Waals surface area (Å²) in [5.74, 6) is -0.302. The molecule has 1 aliphatic heterocycles. The molecule has 1 saturated carbocycles. The van der Waals surface area contributed by atoms with Gasteiger partial charge in [0.2, 0.25) is 0 Å². The molecule has 0 radical (unpaired) electrons. The van der Waals surface area contributed by atoms with E-state index in [1.54, 1.807) is 6.20 Å². The molecule has 0 amide bonds. The average Bonchev–Trinajstić information content (AvgIpc) is 3.43. The maximum absolute atomic E-state index is 13.6. The number of rotatable bonds is 8. The lowest BCUT2D eigenvalue weighted by Gasteiger charge is -2.35. The molecule has 0 unspecified atom stereocenters. The van der Waals surface area contributed by atoms with Crippen molar-refractivity contribution < 1.29 is 8.78 Å². The third kappa shape index (κ3) is 6.24. The van der Waals surface area contributed by atoms with Crippen molar-refractivity contribution in [3.05, 3.63) is 76.4 Å². The van der Waals surface area contributed by atoms with Gasteiger partial charge in [-0.1, -0.05) is 30.7 Å². The van der Waals surface area contributed by atoms with Crippen LogP contribution in [0.15, 0.2) is 48.7 Å². The summed E-state index contributed by atoms with van der Waals surface area (Å²) in [6.45, 7) is 4.94. The van der Waals surface area contributed by atoms with E-state index >= 15 is 0 Å². The Bertz CT molecular complexity index is 1200. The smallest absolute Gasteiger partial charge is 0.126 e. The Morgan fingerprint density at radius 1 is 0.973 bits per heavy atom. The fourth-order valence-corrected chi connectivity index (χ4v) is 6.13. The normalized spacial score (nSPS) is 20.2. The highest BCUT2D eigenvalue weighted by Crippen LogP contribution is 2.36. The molecule has 0 bridgehead atoms.